The number of carbonyl (C=O) groups excluding carboxylic acids is 2. The second-order valence-corrected chi connectivity index (χ2v) is 6.67. The predicted molar refractivity (Wildman–Crippen MR) is 85.8 cm³/mol. The van der Waals surface area contributed by atoms with Gasteiger partial charge in [0.2, 0.25) is 5.91 Å². The molecule has 2 atom stereocenters. The molecule has 0 aliphatic carbocycles. The molecule has 2 fully saturated rings. The van der Waals surface area contributed by atoms with E-state index in [0.717, 1.165) is 12.0 Å². The van der Waals surface area contributed by atoms with Gasteiger partial charge >= 0.3 is 5.76 Å². The van der Waals surface area contributed by atoms with Crippen molar-refractivity contribution >= 4 is 11.8 Å². The monoisotopic (exact) mass is 345 g/mol. The van der Waals surface area contributed by atoms with Crippen LogP contribution in [0.4, 0.5) is 0 Å². The third kappa shape index (κ3) is 3.11. The van der Waals surface area contributed by atoms with Crippen molar-refractivity contribution in [3.05, 3.63) is 46.7 Å². The van der Waals surface area contributed by atoms with E-state index in [-0.39, 0.29) is 29.3 Å². The predicted octanol–water partition coefficient (Wildman–Crippen LogP) is 0.724. The van der Waals surface area contributed by atoms with E-state index in [0.29, 0.717) is 39.0 Å². The summed E-state index contributed by atoms with van der Waals surface area (Å²) in [6, 6.07) is 3.69. The molecule has 0 aromatic carbocycles. The largest absolute Gasteiger partial charge is 0.469 e. The Balaban J connectivity index is 1.30. The third-order valence-corrected chi connectivity index (χ3v) is 5.04. The van der Waals surface area contributed by atoms with Gasteiger partial charge < -0.3 is 18.6 Å². The number of H-pyrrole nitrogens is 1. The number of oxazole rings is 1. The minimum absolute atomic E-state index is 0.128. The number of carbonyl (C=O) groups is 2. The molecule has 2 aromatic rings. The quantitative estimate of drug-likeness (QED) is 0.880. The van der Waals surface area contributed by atoms with Crippen molar-refractivity contribution in [1.82, 2.24) is 14.8 Å². The van der Waals surface area contributed by atoms with Crippen LogP contribution in [0.25, 0.3) is 0 Å². The van der Waals surface area contributed by atoms with Crippen molar-refractivity contribution in [1.29, 1.82) is 0 Å². The third-order valence-electron chi connectivity index (χ3n) is 5.04. The highest BCUT2D eigenvalue weighted by Crippen LogP contribution is 2.32. The molecule has 8 nitrogen and oxygen atoms in total. The van der Waals surface area contributed by atoms with E-state index in [4.69, 9.17) is 4.42 Å². The van der Waals surface area contributed by atoms with Crippen molar-refractivity contribution in [2.75, 3.05) is 26.2 Å². The summed E-state index contributed by atoms with van der Waals surface area (Å²) >= 11 is 0. The molecule has 0 bridgehead atoms. The van der Waals surface area contributed by atoms with Gasteiger partial charge in [-0.1, -0.05) is 0 Å². The Hall–Kier alpha value is -2.77. The molecule has 2 amide bonds. The van der Waals surface area contributed by atoms with Crippen LogP contribution in [-0.4, -0.2) is 52.8 Å². The van der Waals surface area contributed by atoms with Crippen LogP contribution in [-0.2, 0) is 11.2 Å². The summed E-state index contributed by atoms with van der Waals surface area (Å²) < 4.78 is 9.88. The number of nitrogens with zero attached hydrogens (tertiary/aromatic N) is 2. The number of rotatable bonds is 4. The van der Waals surface area contributed by atoms with Gasteiger partial charge in [-0.05, 0) is 12.1 Å². The van der Waals surface area contributed by atoms with Gasteiger partial charge in [0.1, 0.15) is 17.7 Å². The Morgan fingerprint density at radius 2 is 1.84 bits per heavy atom. The molecule has 0 spiro atoms. The second-order valence-electron chi connectivity index (χ2n) is 6.67. The maximum atomic E-state index is 12.4. The average molecular weight is 345 g/mol. The number of aromatic nitrogens is 1. The highest BCUT2D eigenvalue weighted by molar-refractivity contribution is 5.92. The van der Waals surface area contributed by atoms with Gasteiger partial charge in [0, 0.05) is 50.9 Å². The van der Waals surface area contributed by atoms with E-state index in [9.17, 15) is 14.4 Å². The average Bonchev–Trinajstić information content (AvgIpc) is 3.34. The molecular weight excluding hydrogens is 326 g/mol. The van der Waals surface area contributed by atoms with Gasteiger partial charge in [-0.3, -0.25) is 14.6 Å². The van der Waals surface area contributed by atoms with Crippen LogP contribution in [0.15, 0.2) is 38.3 Å². The first kappa shape index (κ1) is 15.7. The van der Waals surface area contributed by atoms with E-state index < -0.39 is 5.76 Å². The summed E-state index contributed by atoms with van der Waals surface area (Å²) in [6.45, 7) is 2.54. The van der Waals surface area contributed by atoms with E-state index >= 15 is 0 Å². The van der Waals surface area contributed by atoms with Gasteiger partial charge in [-0.25, -0.2) is 4.79 Å². The zero-order chi connectivity index (χ0) is 17.4. The molecule has 0 radical (unpaired) electrons. The second kappa shape index (κ2) is 6.27. The number of aromatic amines is 1. The highest BCUT2D eigenvalue weighted by Gasteiger charge is 2.43. The summed E-state index contributed by atoms with van der Waals surface area (Å²) in [5, 5.41) is 0. The lowest BCUT2D eigenvalue weighted by molar-refractivity contribution is -0.130. The van der Waals surface area contributed by atoms with E-state index in [1.165, 1.54) is 0 Å². The molecule has 2 aliphatic heterocycles. The topological polar surface area (TPSA) is 99.8 Å². The van der Waals surface area contributed by atoms with Crippen molar-refractivity contribution in [2.45, 2.75) is 12.8 Å². The zero-order valence-electron chi connectivity index (χ0n) is 13.6. The summed E-state index contributed by atoms with van der Waals surface area (Å²) in [4.78, 5) is 41.7. The zero-order valence-corrected chi connectivity index (χ0v) is 13.6. The van der Waals surface area contributed by atoms with Gasteiger partial charge in [-0.2, -0.15) is 0 Å². The Bertz CT molecular complexity index is 807. The number of hydrogen-bond donors (Lipinski definition) is 1. The lowest BCUT2D eigenvalue weighted by Crippen LogP contribution is -2.36. The number of fused-ring (bicyclic) bond motifs is 1. The van der Waals surface area contributed by atoms with Crippen LogP contribution in [0, 0.1) is 11.8 Å². The molecule has 8 heteroatoms. The molecule has 0 unspecified atom stereocenters. The fourth-order valence-electron chi connectivity index (χ4n) is 3.76. The minimum Gasteiger partial charge on any atom is -0.469 e. The number of likely N-dealkylation sites (tertiary alicyclic amines) is 2. The maximum Gasteiger partial charge on any atom is 0.416 e. The number of furan rings is 1. The fraction of sp³-hybridized carbons (Fsp3) is 0.471. The summed E-state index contributed by atoms with van der Waals surface area (Å²) in [5.74, 6) is 0.666. The Morgan fingerprint density at radius 1 is 1.12 bits per heavy atom. The van der Waals surface area contributed by atoms with Gasteiger partial charge in [0.05, 0.1) is 6.26 Å². The van der Waals surface area contributed by atoms with Crippen LogP contribution < -0.4 is 5.76 Å². The minimum atomic E-state index is -0.629. The smallest absolute Gasteiger partial charge is 0.416 e. The van der Waals surface area contributed by atoms with Gasteiger partial charge in [-0.15, -0.1) is 0 Å². The van der Waals surface area contributed by atoms with Crippen molar-refractivity contribution < 1.29 is 18.4 Å². The van der Waals surface area contributed by atoms with Crippen LogP contribution in [0.1, 0.15) is 22.7 Å². The SMILES string of the molecule is O=C(CCc1ccco1)N1C[C@@H]2CN(C(=O)c3coc(=O)[nH]3)C[C@@H]2C1. The van der Waals surface area contributed by atoms with Crippen molar-refractivity contribution in [3.63, 3.8) is 0 Å². The summed E-state index contributed by atoms with van der Waals surface area (Å²) in [7, 11) is 0. The molecule has 25 heavy (non-hydrogen) atoms. The molecule has 4 heterocycles. The van der Waals surface area contributed by atoms with Crippen molar-refractivity contribution in [2.24, 2.45) is 11.8 Å². The van der Waals surface area contributed by atoms with Gasteiger partial charge in [0.15, 0.2) is 0 Å². The fourth-order valence-corrected chi connectivity index (χ4v) is 3.76. The highest BCUT2D eigenvalue weighted by atomic mass is 16.4. The molecular formula is C17H19N3O5. The standard InChI is InChI=1S/C17H19N3O5/c21-15(4-3-13-2-1-5-24-13)19-6-11-8-20(9-12(11)7-19)16(22)14-10-25-17(23)18-14/h1-2,5,10-12H,3-4,6-9H2,(H,18,23)/t11-,12+. The summed E-state index contributed by atoms with van der Waals surface area (Å²) in [6.07, 6.45) is 3.81. The lowest BCUT2D eigenvalue weighted by atomic mass is 10.0. The summed E-state index contributed by atoms with van der Waals surface area (Å²) in [5.41, 5.74) is 0.177. The molecule has 2 aromatic heterocycles. The van der Waals surface area contributed by atoms with Crippen LogP contribution >= 0.6 is 0 Å². The molecule has 4 rings (SSSR count). The first-order chi connectivity index (χ1) is 12.1. The number of nitrogens with one attached hydrogen (secondary N) is 1. The molecule has 2 aliphatic rings. The maximum absolute atomic E-state index is 12.4. The van der Waals surface area contributed by atoms with E-state index in [1.807, 2.05) is 17.0 Å². The van der Waals surface area contributed by atoms with Gasteiger partial charge in [0.25, 0.3) is 5.91 Å². The molecule has 2 saturated heterocycles. The van der Waals surface area contributed by atoms with Crippen LogP contribution in [0.2, 0.25) is 0 Å². The molecule has 132 valence electrons. The molecule has 1 N–H and O–H groups in total. The number of aryl methyl sites for hydroxylation is 1. The Labute approximate surface area is 143 Å². The normalized spacial score (nSPS) is 22.4. The number of amides is 2. The number of hydrogen-bond acceptors (Lipinski definition) is 5. The van der Waals surface area contributed by atoms with E-state index in [1.54, 1.807) is 11.2 Å². The first-order valence-electron chi connectivity index (χ1n) is 8.37. The lowest BCUT2D eigenvalue weighted by Gasteiger charge is -2.21. The Kier molecular flexibility index (Phi) is 3.95. The van der Waals surface area contributed by atoms with Crippen LogP contribution in [0.5, 0.6) is 0 Å². The Morgan fingerprint density at radius 3 is 2.44 bits per heavy atom. The van der Waals surface area contributed by atoms with Crippen molar-refractivity contribution in [3.8, 4) is 0 Å². The first-order valence-corrected chi connectivity index (χ1v) is 8.37. The molecule has 0 saturated carbocycles. The van der Waals surface area contributed by atoms with Crippen LogP contribution in [0.3, 0.4) is 0 Å². The van der Waals surface area contributed by atoms with E-state index in [2.05, 4.69) is 9.40 Å².